The number of amides is 1. The lowest BCUT2D eigenvalue weighted by Crippen LogP contribution is -2.39. The van der Waals surface area contributed by atoms with Crippen molar-refractivity contribution in [3.05, 3.63) is 33.9 Å². The van der Waals surface area contributed by atoms with Crippen LogP contribution in [0.5, 0.6) is 0 Å². The molecule has 1 saturated heterocycles. The molecular formula is C12H16N4O3. The quantitative estimate of drug-likeness (QED) is 0.470. The fourth-order valence-corrected chi connectivity index (χ4v) is 2.45. The molecule has 1 aliphatic rings. The van der Waals surface area contributed by atoms with Crippen LogP contribution in [0.15, 0.2) is 18.2 Å². The molecule has 1 fully saturated rings. The molecule has 1 aromatic rings. The largest absolute Gasteiger partial charge is 0.393 e. The monoisotopic (exact) mass is 264 g/mol. The molecule has 0 aliphatic carbocycles. The minimum Gasteiger partial charge on any atom is -0.393 e. The number of benzene rings is 1. The predicted molar refractivity (Wildman–Crippen MR) is 70.1 cm³/mol. The Morgan fingerprint density at radius 1 is 1.53 bits per heavy atom. The first-order valence-electron chi connectivity index (χ1n) is 6.06. The molecule has 0 spiro atoms. The number of para-hydroxylation sites is 1. The van der Waals surface area contributed by atoms with Crippen LogP contribution >= 0.6 is 0 Å². The number of nitro benzene ring substituents is 1. The standard InChI is InChI=1S/C12H16N4O3/c13-11-8(3-1-4-9(11)16(18)19)7-15-6-2-5-10(15)12(14)17/h1,3-4,10H,2,5-7,13H2,(H2,14,17). The van der Waals surface area contributed by atoms with Gasteiger partial charge in [-0.15, -0.1) is 0 Å². The Morgan fingerprint density at radius 3 is 2.89 bits per heavy atom. The maximum Gasteiger partial charge on any atom is 0.292 e. The number of nitrogen functional groups attached to an aromatic ring is 1. The maximum absolute atomic E-state index is 11.3. The third kappa shape index (κ3) is 2.65. The van der Waals surface area contributed by atoms with Crippen LogP contribution in [0.1, 0.15) is 18.4 Å². The van der Waals surface area contributed by atoms with Gasteiger partial charge in [-0.25, -0.2) is 0 Å². The van der Waals surface area contributed by atoms with E-state index in [2.05, 4.69) is 0 Å². The highest BCUT2D eigenvalue weighted by atomic mass is 16.6. The SMILES string of the molecule is NC(=O)C1CCCN1Cc1cccc([N+](=O)[O-])c1N. The number of primary amides is 1. The summed E-state index contributed by atoms with van der Waals surface area (Å²) in [5.41, 5.74) is 11.8. The Morgan fingerprint density at radius 2 is 2.26 bits per heavy atom. The van der Waals surface area contributed by atoms with Crippen molar-refractivity contribution in [3.8, 4) is 0 Å². The molecule has 1 unspecified atom stereocenters. The van der Waals surface area contributed by atoms with Crippen molar-refractivity contribution in [3.63, 3.8) is 0 Å². The average Bonchev–Trinajstić information content (AvgIpc) is 2.79. The van der Waals surface area contributed by atoms with Crippen LogP contribution in [0.3, 0.4) is 0 Å². The molecule has 0 saturated carbocycles. The van der Waals surface area contributed by atoms with Gasteiger partial charge in [0.1, 0.15) is 5.69 Å². The molecule has 7 heteroatoms. The second-order valence-electron chi connectivity index (χ2n) is 4.64. The molecule has 0 aromatic heterocycles. The van der Waals surface area contributed by atoms with Crippen LogP contribution in [0.25, 0.3) is 0 Å². The minimum atomic E-state index is -0.506. The Labute approximate surface area is 110 Å². The molecule has 1 atom stereocenters. The lowest BCUT2D eigenvalue weighted by molar-refractivity contribution is -0.384. The molecule has 0 radical (unpaired) electrons. The summed E-state index contributed by atoms with van der Waals surface area (Å²) in [6.07, 6.45) is 1.62. The summed E-state index contributed by atoms with van der Waals surface area (Å²) < 4.78 is 0. The zero-order chi connectivity index (χ0) is 14.0. The highest BCUT2D eigenvalue weighted by molar-refractivity contribution is 5.80. The number of nitrogens with zero attached hydrogens (tertiary/aromatic N) is 2. The highest BCUT2D eigenvalue weighted by Crippen LogP contribution is 2.28. The van der Waals surface area contributed by atoms with Gasteiger partial charge in [0, 0.05) is 12.6 Å². The molecule has 7 nitrogen and oxygen atoms in total. The Hall–Kier alpha value is -2.15. The fraction of sp³-hybridized carbons (Fsp3) is 0.417. The second kappa shape index (κ2) is 5.23. The Bertz CT molecular complexity index is 518. The number of carbonyl (C=O) groups is 1. The number of nitrogens with two attached hydrogens (primary N) is 2. The van der Waals surface area contributed by atoms with Gasteiger partial charge in [-0.3, -0.25) is 19.8 Å². The first-order chi connectivity index (χ1) is 9.00. The molecule has 0 bridgehead atoms. The lowest BCUT2D eigenvalue weighted by atomic mass is 10.1. The van der Waals surface area contributed by atoms with Crippen LogP contribution in [-0.4, -0.2) is 28.3 Å². The van der Waals surface area contributed by atoms with Crippen molar-refractivity contribution in [1.29, 1.82) is 0 Å². The first kappa shape index (κ1) is 13.3. The van der Waals surface area contributed by atoms with E-state index in [0.29, 0.717) is 12.1 Å². The molecule has 19 heavy (non-hydrogen) atoms. The van der Waals surface area contributed by atoms with Crippen LogP contribution in [0.4, 0.5) is 11.4 Å². The summed E-state index contributed by atoms with van der Waals surface area (Å²) >= 11 is 0. The van der Waals surface area contributed by atoms with Crippen molar-refractivity contribution in [1.82, 2.24) is 4.90 Å². The van der Waals surface area contributed by atoms with Gasteiger partial charge in [0.2, 0.25) is 5.91 Å². The molecule has 1 amide bonds. The molecule has 102 valence electrons. The topological polar surface area (TPSA) is 115 Å². The number of hydrogen-bond donors (Lipinski definition) is 2. The fourth-order valence-electron chi connectivity index (χ4n) is 2.45. The van der Waals surface area contributed by atoms with Gasteiger partial charge in [-0.1, -0.05) is 12.1 Å². The van der Waals surface area contributed by atoms with E-state index < -0.39 is 4.92 Å². The third-order valence-corrected chi connectivity index (χ3v) is 3.44. The van der Waals surface area contributed by atoms with Crippen LogP contribution in [0, 0.1) is 10.1 Å². The zero-order valence-electron chi connectivity index (χ0n) is 10.4. The molecule has 1 aliphatic heterocycles. The number of carbonyl (C=O) groups excluding carboxylic acids is 1. The van der Waals surface area contributed by atoms with E-state index in [1.54, 1.807) is 12.1 Å². The van der Waals surface area contributed by atoms with E-state index >= 15 is 0 Å². The zero-order valence-corrected chi connectivity index (χ0v) is 10.4. The average molecular weight is 264 g/mol. The minimum absolute atomic E-state index is 0.104. The lowest BCUT2D eigenvalue weighted by Gasteiger charge is -2.22. The van der Waals surface area contributed by atoms with Crippen molar-refractivity contribution < 1.29 is 9.72 Å². The van der Waals surface area contributed by atoms with Crippen LogP contribution in [-0.2, 0) is 11.3 Å². The maximum atomic E-state index is 11.3. The van der Waals surface area contributed by atoms with E-state index in [4.69, 9.17) is 11.5 Å². The van der Waals surface area contributed by atoms with Gasteiger partial charge in [-0.2, -0.15) is 0 Å². The van der Waals surface area contributed by atoms with Crippen molar-refractivity contribution in [2.45, 2.75) is 25.4 Å². The van der Waals surface area contributed by atoms with Gasteiger partial charge in [-0.05, 0) is 24.9 Å². The second-order valence-corrected chi connectivity index (χ2v) is 4.64. The summed E-state index contributed by atoms with van der Waals surface area (Å²) in [5.74, 6) is -0.360. The third-order valence-electron chi connectivity index (χ3n) is 3.44. The number of rotatable bonds is 4. The van der Waals surface area contributed by atoms with Gasteiger partial charge >= 0.3 is 0 Å². The van der Waals surface area contributed by atoms with Crippen LogP contribution < -0.4 is 11.5 Å². The van der Waals surface area contributed by atoms with E-state index in [0.717, 1.165) is 19.4 Å². The molecule has 1 aromatic carbocycles. The normalized spacial score (nSPS) is 19.5. The van der Waals surface area contributed by atoms with Crippen LogP contribution in [0.2, 0.25) is 0 Å². The Balaban J connectivity index is 2.22. The van der Waals surface area contributed by atoms with Gasteiger partial charge in [0.25, 0.3) is 5.69 Å². The summed E-state index contributed by atoms with van der Waals surface area (Å²) in [5, 5.41) is 10.8. The highest BCUT2D eigenvalue weighted by Gasteiger charge is 2.29. The smallest absolute Gasteiger partial charge is 0.292 e. The van der Waals surface area contributed by atoms with Crippen molar-refractivity contribution in [2.75, 3.05) is 12.3 Å². The molecule has 4 N–H and O–H groups in total. The van der Waals surface area contributed by atoms with Crippen molar-refractivity contribution in [2.24, 2.45) is 5.73 Å². The predicted octanol–water partition coefficient (Wildman–Crippen LogP) is 0.627. The summed E-state index contributed by atoms with van der Waals surface area (Å²) in [7, 11) is 0. The first-order valence-corrected chi connectivity index (χ1v) is 6.06. The van der Waals surface area contributed by atoms with E-state index in [1.165, 1.54) is 6.07 Å². The van der Waals surface area contributed by atoms with Crippen molar-refractivity contribution >= 4 is 17.3 Å². The van der Waals surface area contributed by atoms with Gasteiger partial charge in [0.15, 0.2) is 0 Å². The van der Waals surface area contributed by atoms with Gasteiger partial charge in [0.05, 0.1) is 11.0 Å². The number of likely N-dealkylation sites (tertiary alicyclic amines) is 1. The molecule has 1 heterocycles. The van der Waals surface area contributed by atoms with E-state index in [-0.39, 0.29) is 23.3 Å². The number of nitro groups is 1. The van der Waals surface area contributed by atoms with Gasteiger partial charge < -0.3 is 11.5 Å². The number of anilines is 1. The van der Waals surface area contributed by atoms with E-state index in [9.17, 15) is 14.9 Å². The molecular weight excluding hydrogens is 248 g/mol. The summed E-state index contributed by atoms with van der Waals surface area (Å²) in [6, 6.07) is 4.39. The molecule has 2 rings (SSSR count). The summed E-state index contributed by atoms with van der Waals surface area (Å²) in [6.45, 7) is 1.15. The Kier molecular flexibility index (Phi) is 3.66. The summed E-state index contributed by atoms with van der Waals surface area (Å²) in [4.78, 5) is 23.5. The number of hydrogen-bond acceptors (Lipinski definition) is 5. The van der Waals surface area contributed by atoms with E-state index in [1.807, 2.05) is 4.90 Å².